The van der Waals surface area contributed by atoms with Gasteiger partial charge in [0, 0.05) is 3.57 Å². The monoisotopic (exact) mass is 418 g/mol. The van der Waals surface area contributed by atoms with Crippen LogP contribution in [0.15, 0.2) is 48.0 Å². The fourth-order valence-corrected chi connectivity index (χ4v) is 2.89. The first kappa shape index (κ1) is 15.7. The number of aryl methyl sites for hydroxylation is 2. The van der Waals surface area contributed by atoms with Gasteiger partial charge in [0.15, 0.2) is 0 Å². The number of halogens is 1. The molecule has 0 aliphatic carbocycles. The van der Waals surface area contributed by atoms with Crippen LogP contribution in [-0.2, 0) is 9.59 Å². The first-order valence-electron chi connectivity index (χ1n) is 7.16. The summed E-state index contributed by atoms with van der Waals surface area (Å²) in [5.74, 6) is -0.717. The number of hydrazine groups is 1. The van der Waals surface area contributed by atoms with E-state index < -0.39 is 0 Å². The van der Waals surface area contributed by atoms with E-state index in [0.29, 0.717) is 5.69 Å². The highest BCUT2D eigenvalue weighted by atomic mass is 127. The molecule has 0 unspecified atom stereocenters. The summed E-state index contributed by atoms with van der Waals surface area (Å²) in [6.07, 6.45) is 1.64. The molecule has 0 atom stereocenters. The van der Waals surface area contributed by atoms with Crippen LogP contribution in [0, 0.1) is 17.4 Å². The molecule has 1 N–H and O–H groups in total. The van der Waals surface area contributed by atoms with Crippen LogP contribution in [0.1, 0.15) is 16.7 Å². The SMILES string of the molecule is Cc1ccc(N2NC(=O)C(=Cc3ccccc3I)C2=O)cc1C. The van der Waals surface area contributed by atoms with E-state index in [1.165, 1.54) is 5.01 Å². The lowest BCUT2D eigenvalue weighted by molar-refractivity contribution is -0.117. The molecule has 4 nitrogen and oxygen atoms in total. The van der Waals surface area contributed by atoms with Crippen LogP contribution in [0.4, 0.5) is 5.69 Å². The largest absolute Gasteiger partial charge is 0.282 e. The maximum atomic E-state index is 12.6. The van der Waals surface area contributed by atoms with Crippen LogP contribution in [-0.4, -0.2) is 11.8 Å². The van der Waals surface area contributed by atoms with Crippen molar-refractivity contribution in [2.45, 2.75) is 13.8 Å². The van der Waals surface area contributed by atoms with Gasteiger partial charge in [0.1, 0.15) is 5.57 Å². The van der Waals surface area contributed by atoms with Crippen molar-refractivity contribution >= 4 is 46.2 Å². The van der Waals surface area contributed by atoms with Crippen LogP contribution in [0.5, 0.6) is 0 Å². The quantitative estimate of drug-likeness (QED) is 0.462. The Labute approximate surface area is 148 Å². The maximum Gasteiger partial charge on any atom is 0.282 e. The number of benzene rings is 2. The maximum absolute atomic E-state index is 12.6. The number of nitrogens with one attached hydrogen (secondary N) is 1. The molecule has 0 radical (unpaired) electrons. The number of carbonyl (C=O) groups is 2. The molecule has 0 saturated carbocycles. The van der Waals surface area contributed by atoms with Crippen molar-refractivity contribution in [3.63, 3.8) is 0 Å². The standard InChI is InChI=1S/C18H15IN2O2/c1-11-7-8-14(9-12(11)2)21-18(23)15(17(22)20-21)10-13-5-3-4-6-16(13)19/h3-10H,1-2H3,(H,20,22). The van der Waals surface area contributed by atoms with Crippen molar-refractivity contribution in [1.29, 1.82) is 0 Å². The van der Waals surface area contributed by atoms with Gasteiger partial charge in [-0.3, -0.25) is 15.0 Å². The van der Waals surface area contributed by atoms with Gasteiger partial charge in [-0.2, -0.15) is 0 Å². The fraction of sp³-hybridized carbons (Fsp3) is 0.111. The number of carbonyl (C=O) groups excluding carboxylic acids is 2. The molecular weight excluding hydrogens is 403 g/mol. The number of hydrogen-bond acceptors (Lipinski definition) is 2. The molecule has 1 aliphatic rings. The van der Waals surface area contributed by atoms with E-state index in [1.54, 1.807) is 6.08 Å². The third-order valence-corrected chi connectivity index (χ3v) is 4.83. The Kier molecular flexibility index (Phi) is 4.21. The Morgan fingerprint density at radius 3 is 2.48 bits per heavy atom. The van der Waals surface area contributed by atoms with Gasteiger partial charge < -0.3 is 0 Å². The van der Waals surface area contributed by atoms with E-state index in [2.05, 4.69) is 28.0 Å². The van der Waals surface area contributed by atoms with E-state index in [4.69, 9.17) is 0 Å². The minimum atomic E-state index is -0.382. The molecule has 1 saturated heterocycles. The summed E-state index contributed by atoms with van der Waals surface area (Å²) >= 11 is 2.18. The zero-order valence-electron chi connectivity index (χ0n) is 12.8. The smallest absolute Gasteiger partial charge is 0.267 e. The van der Waals surface area contributed by atoms with E-state index in [1.807, 2.05) is 56.3 Å². The summed E-state index contributed by atoms with van der Waals surface area (Å²) in [7, 11) is 0. The molecule has 23 heavy (non-hydrogen) atoms. The Morgan fingerprint density at radius 2 is 1.78 bits per heavy atom. The predicted molar refractivity (Wildman–Crippen MR) is 98.7 cm³/mol. The average molecular weight is 418 g/mol. The molecule has 2 aromatic carbocycles. The summed E-state index contributed by atoms with van der Waals surface area (Å²) in [5.41, 5.74) is 6.50. The van der Waals surface area contributed by atoms with Crippen LogP contribution in [0.3, 0.4) is 0 Å². The van der Waals surface area contributed by atoms with Gasteiger partial charge in [-0.05, 0) is 77.4 Å². The van der Waals surface area contributed by atoms with Gasteiger partial charge in [-0.1, -0.05) is 24.3 Å². The van der Waals surface area contributed by atoms with E-state index in [9.17, 15) is 9.59 Å². The molecule has 1 heterocycles. The second kappa shape index (κ2) is 6.16. The zero-order chi connectivity index (χ0) is 16.6. The van der Waals surface area contributed by atoms with Crippen LogP contribution >= 0.6 is 22.6 Å². The number of nitrogens with zero attached hydrogens (tertiary/aromatic N) is 1. The molecule has 1 fully saturated rings. The van der Waals surface area contributed by atoms with Crippen molar-refractivity contribution in [1.82, 2.24) is 5.43 Å². The van der Waals surface area contributed by atoms with Gasteiger partial charge in [-0.15, -0.1) is 0 Å². The number of anilines is 1. The normalized spacial score (nSPS) is 16.1. The number of hydrogen-bond donors (Lipinski definition) is 1. The molecule has 3 rings (SSSR count). The lowest BCUT2D eigenvalue weighted by atomic mass is 10.1. The summed E-state index contributed by atoms with van der Waals surface area (Å²) < 4.78 is 0.989. The third kappa shape index (κ3) is 3.01. The first-order valence-corrected chi connectivity index (χ1v) is 8.24. The lowest BCUT2D eigenvalue weighted by Crippen LogP contribution is -2.35. The number of rotatable bonds is 2. The first-order chi connectivity index (χ1) is 11.0. The van der Waals surface area contributed by atoms with E-state index in [0.717, 1.165) is 20.3 Å². The van der Waals surface area contributed by atoms with Gasteiger partial charge in [-0.25, -0.2) is 5.01 Å². The second-order valence-electron chi connectivity index (χ2n) is 5.43. The summed E-state index contributed by atoms with van der Waals surface area (Å²) in [6.45, 7) is 3.98. The highest BCUT2D eigenvalue weighted by Gasteiger charge is 2.34. The van der Waals surface area contributed by atoms with Crippen LogP contribution in [0.2, 0.25) is 0 Å². The van der Waals surface area contributed by atoms with E-state index in [-0.39, 0.29) is 17.4 Å². The highest BCUT2D eigenvalue weighted by molar-refractivity contribution is 14.1. The summed E-state index contributed by atoms with van der Waals surface area (Å²) in [5, 5.41) is 1.30. The van der Waals surface area contributed by atoms with Crippen molar-refractivity contribution in [2.24, 2.45) is 0 Å². The Balaban J connectivity index is 1.97. The lowest BCUT2D eigenvalue weighted by Gasteiger charge is -2.15. The Bertz CT molecular complexity index is 843. The Hall–Kier alpha value is -2.15. The van der Waals surface area contributed by atoms with Crippen LogP contribution < -0.4 is 10.4 Å². The molecule has 2 aromatic rings. The molecule has 5 heteroatoms. The molecule has 116 valence electrons. The molecule has 0 spiro atoms. The fourth-order valence-electron chi connectivity index (χ4n) is 2.35. The molecule has 0 bridgehead atoms. The molecular formula is C18H15IN2O2. The van der Waals surface area contributed by atoms with Crippen molar-refractivity contribution < 1.29 is 9.59 Å². The van der Waals surface area contributed by atoms with Gasteiger partial charge in [0.2, 0.25) is 0 Å². The van der Waals surface area contributed by atoms with Crippen molar-refractivity contribution in [3.05, 3.63) is 68.3 Å². The summed E-state index contributed by atoms with van der Waals surface area (Å²) in [4.78, 5) is 24.8. The second-order valence-corrected chi connectivity index (χ2v) is 6.59. The third-order valence-electron chi connectivity index (χ3n) is 3.85. The molecule has 0 aromatic heterocycles. The predicted octanol–water partition coefficient (Wildman–Crippen LogP) is 3.37. The average Bonchev–Trinajstić information content (AvgIpc) is 2.80. The van der Waals surface area contributed by atoms with Crippen molar-refractivity contribution in [3.8, 4) is 0 Å². The topological polar surface area (TPSA) is 49.4 Å². The molecule has 2 amide bonds. The van der Waals surface area contributed by atoms with Gasteiger partial charge in [0.05, 0.1) is 5.69 Å². The number of amides is 2. The zero-order valence-corrected chi connectivity index (χ0v) is 14.9. The van der Waals surface area contributed by atoms with E-state index >= 15 is 0 Å². The minimum Gasteiger partial charge on any atom is -0.267 e. The molecule has 1 aliphatic heterocycles. The minimum absolute atomic E-state index is 0.146. The highest BCUT2D eigenvalue weighted by Crippen LogP contribution is 2.24. The summed E-state index contributed by atoms with van der Waals surface area (Å²) in [6, 6.07) is 13.3. The van der Waals surface area contributed by atoms with Gasteiger partial charge >= 0.3 is 0 Å². The Morgan fingerprint density at radius 1 is 1.04 bits per heavy atom. The van der Waals surface area contributed by atoms with Crippen molar-refractivity contribution in [2.75, 3.05) is 5.01 Å². The van der Waals surface area contributed by atoms with Gasteiger partial charge in [0.25, 0.3) is 11.8 Å². The van der Waals surface area contributed by atoms with Crippen LogP contribution in [0.25, 0.3) is 6.08 Å².